The summed E-state index contributed by atoms with van der Waals surface area (Å²) in [7, 11) is 0. The van der Waals surface area contributed by atoms with Gasteiger partial charge < -0.3 is 15.0 Å². The van der Waals surface area contributed by atoms with Crippen molar-refractivity contribution in [3.05, 3.63) is 59.9 Å². The van der Waals surface area contributed by atoms with E-state index in [0.29, 0.717) is 24.3 Å². The van der Waals surface area contributed by atoms with Gasteiger partial charge in [0.25, 0.3) is 0 Å². The van der Waals surface area contributed by atoms with Gasteiger partial charge in [-0.25, -0.2) is 4.39 Å². The zero-order valence-electron chi connectivity index (χ0n) is 13.7. The first-order valence-corrected chi connectivity index (χ1v) is 8.61. The molecular weight excluding hydrogens is 323 g/mol. The van der Waals surface area contributed by atoms with Crippen LogP contribution in [0.5, 0.6) is 5.75 Å². The molecule has 3 nitrogen and oxygen atoms in total. The van der Waals surface area contributed by atoms with Crippen molar-refractivity contribution in [2.45, 2.75) is 32.4 Å². The Labute approximate surface area is 147 Å². The molecular formula is C19H21FN2OS. The Morgan fingerprint density at radius 3 is 2.42 bits per heavy atom. The van der Waals surface area contributed by atoms with Crippen LogP contribution >= 0.6 is 12.2 Å². The van der Waals surface area contributed by atoms with E-state index in [1.165, 1.54) is 12.1 Å². The third-order valence-corrected chi connectivity index (χ3v) is 4.27. The maximum absolute atomic E-state index is 13.1. The van der Waals surface area contributed by atoms with Crippen LogP contribution in [0.15, 0.2) is 48.5 Å². The molecule has 24 heavy (non-hydrogen) atoms. The van der Waals surface area contributed by atoms with E-state index < -0.39 is 0 Å². The van der Waals surface area contributed by atoms with E-state index in [1.807, 2.05) is 43.3 Å². The number of ether oxygens (including phenoxy) is 1. The third kappa shape index (κ3) is 4.45. The summed E-state index contributed by atoms with van der Waals surface area (Å²) in [4.78, 5) is 2.18. The molecule has 0 unspecified atom stereocenters. The minimum absolute atomic E-state index is 0.216. The number of rotatable bonds is 6. The third-order valence-electron chi connectivity index (χ3n) is 3.93. The minimum atomic E-state index is -0.216. The average Bonchev–Trinajstić information content (AvgIpc) is 3.41. The fourth-order valence-electron chi connectivity index (χ4n) is 2.54. The Morgan fingerprint density at radius 2 is 1.83 bits per heavy atom. The fraction of sp³-hybridized carbons (Fsp3) is 0.316. The van der Waals surface area contributed by atoms with Gasteiger partial charge in [-0.2, -0.15) is 0 Å². The molecule has 1 saturated carbocycles. The molecule has 1 aliphatic rings. The molecule has 1 aliphatic carbocycles. The van der Waals surface area contributed by atoms with Gasteiger partial charge in [0.15, 0.2) is 5.11 Å². The summed E-state index contributed by atoms with van der Waals surface area (Å²) in [5.74, 6) is 0.631. The summed E-state index contributed by atoms with van der Waals surface area (Å²) in [6, 6.07) is 14.8. The van der Waals surface area contributed by atoms with E-state index in [-0.39, 0.29) is 5.82 Å². The number of halogens is 1. The van der Waals surface area contributed by atoms with Gasteiger partial charge in [0, 0.05) is 18.3 Å². The van der Waals surface area contributed by atoms with Crippen LogP contribution in [-0.2, 0) is 6.54 Å². The van der Waals surface area contributed by atoms with Crippen LogP contribution < -0.4 is 10.1 Å². The van der Waals surface area contributed by atoms with Gasteiger partial charge in [0.2, 0.25) is 0 Å². The number of hydrogen-bond donors (Lipinski definition) is 1. The number of anilines is 1. The van der Waals surface area contributed by atoms with Crippen molar-refractivity contribution >= 4 is 23.0 Å². The minimum Gasteiger partial charge on any atom is -0.494 e. The number of benzene rings is 2. The predicted octanol–water partition coefficient (Wildman–Crippen LogP) is 4.59. The second-order valence-electron chi connectivity index (χ2n) is 5.87. The quantitative estimate of drug-likeness (QED) is 0.775. The van der Waals surface area contributed by atoms with Crippen LogP contribution in [0.3, 0.4) is 0 Å². The molecule has 0 bridgehead atoms. The van der Waals surface area contributed by atoms with Gasteiger partial charge in [-0.05, 0) is 73.9 Å². The Kier molecular flexibility index (Phi) is 5.30. The van der Waals surface area contributed by atoms with Crippen LogP contribution in [-0.4, -0.2) is 22.7 Å². The average molecular weight is 344 g/mol. The molecule has 0 saturated heterocycles. The van der Waals surface area contributed by atoms with Crippen LogP contribution in [0.4, 0.5) is 10.1 Å². The standard InChI is InChI=1S/C19H21FN2OS/c1-2-23-18-11-7-16(8-12-18)21-19(24)22(17-9-10-17)13-14-3-5-15(20)6-4-14/h3-8,11-12,17H,2,9-10,13H2,1H3,(H,21,24). The molecule has 1 fully saturated rings. The monoisotopic (exact) mass is 344 g/mol. The van der Waals surface area contributed by atoms with Crippen LogP contribution in [0, 0.1) is 5.82 Å². The maximum atomic E-state index is 13.1. The normalized spacial score (nSPS) is 13.4. The molecule has 2 aromatic rings. The molecule has 2 aromatic carbocycles. The summed E-state index contributed by atoms with van der Waals surface area (Å²) >= 11 is 5.59. The summed E-state index contributed by atoms with van der Waals surface area (Å²) in [5, 5.41) is 3.99. The lowest BCUT2D eigenvalue weighted by Gasteiger charge is -2.26. The zero-order chi connectivity index (χ0) is 16.9. The summed E-state index contributed by atoms with van der Waals surface area (Å²) in [5.41, 5.74) is 1.99. The van der Waals surface area contributed by atoms with E-state index in [1.54, 1.807) is 0 Å². The van der Waals surface area contributed by atoms with Crippen molar-refractivity contribution in [1.82, 2.24) is 4.90 Å². The Morgan fingerprint density at radius 1 is 1.17 bits per heavy atom. The summed E-state index contributed by atoms with van der Waals surface area (Å²) < 4.78 is 18.5. The van der Waals surface area contributed by atoms with Gasteiger partial charge in [-0.15, -0.1) is 0 Å². The van der Waals surface area contributed by atoms with Crippen molar-refractivity contribution in [2.24, 2.45) is 0 Å². The van der Waals surface area contributed by atoms with Crippen LogP contribution in [0.25, 0.3) is 0 Å². The van der Waals surface area contributed by atoms with Crippen LogP contribution in [0.2, 0.25) is 0 Å². The largest absolute Gasteiger partial charge is 0.494 e. The molecule has 0 spiro atoms. The molecule has 0 radical (unpaired) electrons. The molecule has 0 heterocycles. The fourth-order valence-corrected chi connectivity index (χ4v) is 2.87. The predicted molar refractivity (Wildman–Crippen MR) is 98.8 cm³/mol. The number of nitrogens with one attached hydrogen (secondary N) is 1. The first-order valence-electron chi connectivity index (χ1n) is 8.20. The van der Waals surface area contributed by atoms with Crippen molar-refractivity contribution in [2.75, 3.05) is 11.9 Å². The molecule has 0 aliphatic heterocycles. The van der Waals surface area contributed by atoms with Gasteiger partial charge in [0.1, 0.15) is 11.6 Å². The molecule has 3 rings (SSSR count). The Bertz CT molecular complexity index is 684. The number of hydrogen-bond acceptors (Lipinski definition) is 2. The number of thiocarbonyl (C=S) groups is 1. The van der Waals surface area contributed by atoms with E-state index in [4.69, 9.17) is 17.0 Å². The van der Waals surface area contributed by atoms with E-state index in [2.05, 4.69) is 10.2 Å². The van der Waals surface area contributed by atoms with Crippen molar-refractivity contribution < 1.29 is 9.13 Å². The highest BCUT2D eigenvalue weighted by molar-refractivity contribution is 7.80. The highest BCUT2D eigenvalue weighted by atomic mass is 32.1. The number of nitrogens with zero attached hydrogens (tertiary/aromatic N) is 1. The molecule has 0 aromatic heterocycles. The Balaban J connectivity index is 1.65. The highest BCUT2D eigenvalue weighted by Crippen LogP contribution is 2.29. The smallest absolute Gasteiger partial charge is 0.173 e. The second kappa shape index (κ2) is 7.62. The summed E-state index contributed by atoms with van der Waals surface area (Å²) in [6.07, 6.45) is 2.29. The maximum Gasteiger partial charge on any atom is 0.173 e. The topological polar surface area (TPSA) is 24.5 Å². The lowest BCUT2D eigenvalue weighted by Crippen LogP contribution is -2.36. The van der Waals surface area contributed by atoms with Gasteiger partial charge in [-0.1, -0.05) is 12.1 Å². The SMILES string of the molecule is CCOc1ccc(NC(=S)N(Cc2ccc(F)cc2)C2CC2)cc1. The van der Waals surface area contributed by atoms with E-state index in [0.717, 1.165) is 29.8 Å². The molecule has 126 valence electrons. The van der Waals surface area contributed by atoms with E-state index in [9.17, 15) is 4.39 Å². The zero-order valence-corrected chi connectivity index (χ0v) is 14.5. The second-order valence-corrected chi connectivity index (χ2v) is 6.26. The molecule has 1 N–H and O–H groups in total. The Hall–Kier alpha value is -2.14. The van der Waals surface area contributed by atoms with Gasteiger partial charge in [0.05, 0.1) is 6.61 Å². The molecule has 0 atom stereocenters. The van der Waals surface area contributed by atoms with Crippen molar-refractivity contribution in [3.63, 3.8) is 0 Å². The lowest BCUT2D eigenvalue weighted by molar-refractivity contribution is 0.340. The first-order chi connectivity index (χ1) is 11.7. The van der Waals surface area contributed by atoms with Crippen LogP contribution in [0.1, 0.15) is 25.3 Å². The molecule has 0 amide bonds. The first kappa shape index (κ1) is 16.7. The van der Waals surface area contributed by atoms with Gasteiger partial charge in [-0.3, -0.25) is 0 Å². The van der Waals surface area contributed by atoms with Gasteiger partial charge >= 0.3 is 0 Å². The van der Waals surface area contributed by atoms with Crippen molar-refractivity contribution in [1.29, 1.82) is 0 Å². The lowest BCUT2D eigenvalue weighted by atomic mass is 10.2. The van der Waals surface area contributed by atoms with E-state index >= 15 is 0 Å². The molecule has 5 heteroatoms. The van der Waals surface area contributed by atoms with Crippen molar-refractivity contribution in [3.8, 4) is 5.75 Å². The highest BCUT2D eigenvalue weighted by Gasteiger charge is 2.30. The summed E-state index contributed by atoms with van der Waals surface area (Å²) in [6.45, 7) is 3.30.